The van der Waals surface area contributed by atoms with Gasteiger partial charge in [-0.25, -0.2) is 14.4 Å². The number of halogens is 1. The third kappa shape index (κ3) is 3.26. The zero-order valence-electron chi connectivity index (χ0n) is 14.4. The van der Waals surface area contributed by atoms with Crippen molar-refractivity contribution in [3.8, 4) is 11.4 Å². The van der Waals surface area contributed by atoms with E-state index >= 15 is 0 Å². The number of benzene rings is 3. The summed E-state index contributed by atoms with van der Waals surface area (Å²) >= 11 is 0. The molecule has 1 atom stereocenters. The molecule has 1 unspecified atom stereocenters. The highest BCUT2D eigenvalue weighted by molar-refractivity contribution is 5.90. The highest BCUT2D eigenvalue weighted by Crippen LogP contribution is 2.27. The van der Waals surface area contributed by atoms with Gasteiger partial charge >= 0.3 is 0 Å². The third-order valence-electron chi connectivity index (χ3n) is 4.36. The van der Waals surface area contributed by atoms with Gasteiger partial charge in [-0.1, -0.05) is 42.5 Å². The number of anilines is 1. The van der Waals surface area contributed by atoms with Gasteiger partial charge in [0, 0.05) is 17.0 Å². The summed E-state index contributed by atoms with van der Waals surface area (Å²) < 4.78 is 13.2. The molecule has 1 heterocycles. The largest absolute Gasteiger partial charge is 0.363 e. The highest BCUT2D eigenvalue weighted by atomic mass is 19.1. The van der Waals surface area contributed by atoms with Crippen LogP contribution in [0.2, 0.25) is 0 Å². The fourth-order valence-electron chi connectivity index (χ4n) is 2.94. The van der Waals surface area contributed by atoms with E-state index in [0.29, 0.717) is 5.82 Å². The van der Waals surface area contributed by atoms with Gasteiger partial charge in [-0.2, -0.15) is 0 Å². The van der Waals surface area contributed by atoms with E-state index < -0.39 is 0 Å². The lowest BCUT2D eigenvalue weighted by Crippen LogP contribution is -2.09. The summed E-state index contributed by atoms with van der Waals surface area (Å²) in [5.74, 6) is 1.07. The van der Waals surface area contributed by atoms with Crippen molar-refractivity contribution >= 4 is 16.7 Å². The molecule has 1 N–H and O–H groups in total. The van der Waals surface area contributed by atoms with Gasteiger partial charge in [-0.05, 0) is 48.9 Å². The molecule has 3 nitrogen and oxygen atoms in total. The number of hydrogen-bond acceptors (Lipinski definition) is 3. The van der Waals surface area contributed by atoms with Crippen LogP contribution in [0.5, 0.6) is 0 Å². The molecule has 0 saturated heterocycles. The normalized spacial score (nSPS) is 12.1. The summed E-state index contributed by atoms with van der Waals surface area (Å²) in [6, 6.07) is 24.4. The number of nitrogens with one attached hydrogen (secondary N) is 1. The van der Waals surface area contributed by atoms with Crippen LogP contribution in [-0.2, 0) is 0 Å². The van der Waals surface area contributed by atoms with Crippen molar-refractivity contribution in [3.05, 3.63) is 90.2 Å². The van der Waals surface area contributed by atoms with Crippen LogP contribution in [0.4, 0.5) is 10.2 Å². The first-order valence-corrected chi connectivity index (χ1v) is 8.55. The number of rotatable bonds is 4. The summed E-state index contributed by atoms with van der Waals surface area (Å²) in [5.41, 5.74) is 2.82. The quantitative estimate of drug-likeness (QED) is 0.523. The van der Waals surface area contributed by atoms with E-state index in [1.165, 1.54) is 17.7 Å². The van der Waals surface area contributed by atoms with Gasteiger partial charge in [0.05, 0.1) is 5.52 Å². The van der Waals surface area contributed by atoms with Gasteiger partial charge in [-0.15, -0.1) is 0 Å². The first-order chi connectivity index (χ1) is 12.7. The van der Waals surface area contributed by atoms with Gasteiger partial charge in [0.25, 0.3) is 0 Å². The number of aromatic nitrogens is 2. The molecule has 4 aromatic rings. The van der Waals surface area contributed by atoms with Crippen LogP contribution < -0.4 is 5.32 Å². The molecule has 0 saturated carbocycles. The fraction of sp³-hybridized carbons (Fsp3) is 0.0909. The van der Waals surface area contributed by atoms with E-state index in [1.54, 1.807) is 12.1 Å². The Bertz CT molecular complexity index is 1030. The Morgan fingerprint density at radius 2 is 1.50 bits per heavy atom. The molecule has 3 aromatic carbocycles. The Balaban J connectivity index is 1.78. The van der Waals surface area contributed by atoms with Crippen LogP contribution in [0.1, 0.15) is 18.5 Å². The predicted octanol–water partition coefficient (Wildman–Crippen LogP) is 5.61. The maximum Gasteiger partial charge on any atom is 0.162 e. The minimum atomic E-state index is -0.273. The number of para-hydroxylation sites is 1. The molecule has 0 aliphatic heterocycles. The second-order valence-electron chi connectivity index (χ2n) is 6.20. The van der Waals surface area contributed by atoms with E-state index in [9.17, 15) is 4.39 Å². The SMILES string of the molecule is CC(Nc1nc(-c2ccc(F)cc2)nc2ccccc12)c1ccccc1. The van der Waals surface area contributed by atoms with Crippen LogP contribution in [-0.4, -0.2) is 9.97 Å². The Labute approximate surface area is 151 Å². The van der Waals surface area contributed by atoms with Crippen LogP contribution in [0.25, 0.3) is 22.3 Å². The molecule has 0 fully saturated rings. The average molecular weight is 343 g/mol. The molecular weight excluding hydrogens is 325 g/mol. The van der Waals surface area contributed by atoms with Gasteiger partial charge in [0.15, 0.2) is 5.82 Å². The molecule has 4 rings (SSSR count). The zero-order chi connectivity index (χ0) is 17.9. The summed E-state index contributed by atoms with van der Waals surface area (Å²) in [6.45, 7) is 2.10. The van der Waals surface area contributed by atoms with Gasteiger partial charge in [-0.3, -0.25) is 0 Å². The van der Waals surface area contributed by atoms with Crippen molar-refractivity contribution in [1.82, 2.24) is 9.97 Å². The first kappa shape index (κ1) is 16.2. The molecule has 0 amide bonds. The first-order valence-electron chi connectivity index (χ1n) is 8.55. The summed E-state index contributed by atoms with van der Waals surface area (Å²) in [7, 11) is 0. The van der Waals surface area contributed by atoms with Gasteiger partial charge in [0.2, 0.25) is 0 Å². The maximum atomic E-state index is 13.2. The average Bonchev–Trinajstić information content (AvgIpc) is 2.69. The smallest absolute Gasteiger partial charge is 0.162 e. The van der Waals surface area contributed by atoms with E-state index in [1.807, 2.05) is 42.5 Å². The summed E-state index contributed by atoms with van der Waals surface area (Å²) in [6.07, 6.45) is 0. The Morgan fingerprint density at radius 3 is 2.27 bits per heavy atom. The van der Waals surface area contributed by atoms with Gasteiger partial charge in [0.1, 0.15) is 11.6 Å². The molecule has 4 heteroatoms. The molecule has 0 bridgehead atoms. The minimum absolute atomic E-state index is 0.0931. The van der Waals surface area contributed by atoms with Gasteiger partial charge < -0.3 is 5.32 Å². The Hall–Kier alpha value is -3.27. The molecule has 128 valence electrons. The van der Waals surface area contributed by atoms with Crippen molar-refractivity contribution in [2.24, 2.45) is 0 Å². The van der Waals surface area contributed by atoms with E-state index in [2.05, 4.69) is 29.4 Å². The topological polar surface area (TPSA) is 37.8 Å². The number of nitrogens with zero attached hydrogens (tertiary/aromatic N) is 2. The lowest BCUT2D eigenvalue weighted by molar-refractivity contribution is 0.628. The lowest BCUT2D eigenvalue weighted by atomic mass is 10.1. The molecule has 0 aliphatic carbocycles. The van der Waals surface area contributed by atoms with Crippen LogP contribution >= 0.6 is 0 Å². The van der Waals surface area contributed by atoms with Crippen molar-refractivity contribution in [2.45, 2.75) is 13.0 Å². The summed E-state index contributed by atoms with van der Waals surface area (Å²) in [5, 5.41) is 4.46. The van der Waals surface area contributed by atoms with Crippen molar-refractivity contribution < 1.29 is 4.39 Å². The van der Waals surface area contributed by atoms with Crippen LogP contribution in [0.15, 0.2) is 78.9 Å². The maximum absolute atomic E-state index is 13.2. The van der Waals surface area contributed by atoms with Crippen molar-refractivity contribution in [3.63, 3.8) is 0 Å². The second-order valence-corrected chi connectivity index (χ2v) is 6.20. The Kier molecular flexibility index (Phi) is 4.32. The standard InChI is InChI=1S/C22H18FN3/c1-15(16-7-3-2-4-8-16)24-22-19-9-5-6-10-20(19)25-21(26-22)17-11-13-18(23)14-12-17/h2-15H,1H3,(H,24,25,26). The highest BCUT2D eigenvalue weighted by Gasteiger charge is 2.12. The van der Waals surface area contributed by atoms with Crippen LogP contribution in [0, 0.1) is 5.82 Å². The van der Waals surface area contributed by atoms with Crippen LogP contribution in [0.3, 0.4) is 0 Å². The summed E-state index contributed by atoms with van der Waals surface area (Å²) in [4.78, 5) is 9.36. The second kappa shape index (κ2) is 6.92. The molecular formula is C22H18FN3. The fourth-order valence-corrected chi connectivity index (χ4v) is 2.94. The molecule has 0 spiro atoms. The van der Waals surface area contributed by atoms with Crippen molar-refractivity contribution in [1.29, 1.82) is 0 Å². The monoisotopic (exact) mass is 343 g/mol. The van der Waals surface area contributed by atoms with E-state index in [0.717, 1.165) is 22.3 Å². The number of fused-ring (bicyclic) bond motifs is 1. The Morgan fingerprint density at radius 1 is 0.808 bits per heavy atom. The van der Waals surface area contributed by atoms with E-state index in [4.69, 9.17) is 4.98 Å². The molecule has 0 aliphatic rings. The third-order valence-corrected chi connectivity index (χ3v) is 4.36. The number of hydrogen-bond donors (Lipinski definition) is 1. The predicted molar refractivity (Wildman–Crippen MR) is 103 cm³/mol. The molecule has 1 aromatic heterocycles. The van der Waals surface area contributed by atoms with Crippen molar-refractivity contribution in [2.75, 3.05) is 5.32 Å². The molecule has 26 heavy (non-hydrogen) atoms. The minimum Gasteiger partial charge on any atom is -0.363 e. The lowest BCUT2D eigenvalue weighted by Gasteiger charge is -2.17. The van der Waals surface area contributed by atoms with E-state index in [-0.39, 0.29) is 11.9 Å². The zero-order valence-corrected chi connectivity index (χ0v) is 14.4. The molecule has 0 radical (unpaired) electrons.